The molecular weight excluding hydrogens is 270 g/mol. The van der Waals surface area contributed by atoms with E-state index in [1.807, 2.05) is 24.3 Å². The van der Waals surface area contributed by atoms with Gasteiger partial charge in [-0.25, -0.2) is 9.97 Å². The number of nitrogens with zero attached hydrogens (tertiary/aromatic N) is 2. The maximum Gasteiger partial charge on any atom is 0.159 e. The van der Waals surface area contributed by atoms with Crippen molar-refractivity contribution in [2.75, 3.05) is 6.54 Å². The number of nitrogens with one attached hydrogen (secondary N) is 1. The smallest absolute Gasteiger partial charge is 0.159 e. The maximum absolute atomic E-state index is 6.07. The van der Waals surface area contributed by atoms with Crippen molar-refractivity contribution in [3.63, 3.8) is 0 Å². The first kappa shape index (κ1) is 13.5. The monoisotopic (exact) mass is 287 g/mol. The lowest BCUT2D eigenvalue weighted by Crippen LogP contribution is -2.26. The first-order valence-corrected chi connectivity index (χ1v) is 7.51. The molecule has 1 aromatic heterocycles. The molecular formula is C16H18ClN3. The molecule has 3 nitrogen and oxygen atoms in total. The quantitative estimate of drug-likeness (QED) is 0.940. The number of aromatic nitrogens is 2. The van der Waals surface area contributed by atoms with Crippen molar-refractivity contribution >= 4 is 11.6 Å². The molecule has 1 aliphatic heterocycles. The lowest BCUT2D eigenvalue weighted by atomic mass is 10.0. The highest BCUT2D eigenvalue weighted by atomic mass is 35.5. The molecule has 0 fully saturated rings. The Morgan fingerprint density at radius 1 is 1.30 bits per heavy atom. The predicted octanol–water partition coefficient (Wildman–Crippen LogP) is 3.40. The lowest BCUT2D eigenvalue weighted by molar-refractivity contribution is 0.614. The molecule has 0 spiro atoms. The molecule has 0 radical (unpaired) electrons. The molecule has 3 rings (SSSR count). The highest BCUT2D eigenvalue weighted by Gasteiger charge is 2.17. The number of rotatable bonds is 3. The van der Waals surface area contributed by atoms with E-state index in [2.05, 4.69) is 12.2 Å². The second kappa shape index (κ2) is 5.90. The third kappa shape index (κ3) is 2.69. The molecule has 1 aliphatic rings. The van der Waals surface area contributed by atoms with Crippen molar-refractivity contribution in [3.8, 4) is 11.4 Å². The summed E-state index contributed by atoms with van der Waals surface area (Å²) in [5.41, 5.74) is 4.68. The minimum Gasteiger partial charge on any atom is -0.311 e. The van der Waals surface area contributed by atoms with Crippen molar-refractivity contribution in [1.82, 2.24) is 15.3 Å². The molecule has 1 N–H and O–H groups in total. The standard InChI is InChI=1S/C16H18ClN3/c1-2-4-14-13-7-8-18-10-15(13)20-16(19-14)11-5-3-6-12(17)9-11/h3,5-6,9,18H,2,4,7-8,10H2,1H3. The largest absolute Gasteiger partial charge is 0.311 e. The molecule has 104 valence electrons. The zero-order valence-corrected chi connectivity index (χ0v) is 12.4. The van der Waals surface area contributed by atoms with E-state index in [0.717, 1.165) is 54.5 Å². The average Bonchev–Trinajstić information content (AvgIpc) is 2.47. The van der Waals surface area contributed by atoms with Crippen LogP contribution < -0.4 is 5.32 Å². The zero-order chi connectivity index (χ0) is 13.9. The Balaban J connectivity index is 2.10. The van der Waals surface area contributed by atoms with Gasteiger partial charge in [0.15, 0.2) is 5.82 Å². The molecule has 2 aromatic rings. The number of fused-ring (bicyclic) bond motifs is 1. The number of hydrogen-bond acceptors (Lipinski definition) is 3. The first-order valence-electron chi connectivity index (χ1n) is 7.13. The number of benzene rings is 1. The molecule has 0 aliphatic carbocycles. The summed E-state index contributed by atoms with van der Waals surface area (Å²) in [6.45, 7) is 4.04. The number of halogens is 1. The molecule has 1 aromatic carbocycles. The topological polar surface area (TPSA) is 37.8 Å². The van der Waals surface area contributed by atoms with Gasteiger partial charge in [-0.05, 0) is 37.1 Å². The average molecular weight is 288 g/mol. The molecule has 0 saturated heterocycles. The van der Waals surface area contributed by atoms with Gasteiger partial charge in [-0.2, -0.15) is 0 Å². The van der Waals surface area contributed by atoms with E-state index in [4.69, 9.17) is 21.6 Å². The summed E-state index contributed by atoms with van der Waals surface area (Å²) in [5.74, 6) is 0.790. The SMILES string of the molecule is CCCc1nc(-c2cccc(Cl)c2)nc2c1CCNC2. The summed E-state index contributed by atoms with van der Waals surface area (Å²) in [4.78, 5) is 9.52. The van der Waals surface area contributed by atoms with E-state index in [0.29, 0.717) is 0 Å². The Morgan fingerprint density at radius 2 is 2.20 bits per heavy atom. The Morgan fingerprint density at radius 3 is 3.00 bits per heavy atom. The third-order valence-electron chi connectivity index (χ3n) is 3.59. The lowest BCUT2D eigenvalue weighted by Gasteiger charge is -2.20. The summed E-state index contributed by atoms with van der Waals surface area (Å²) >= 11 is 6.07. The summed E-state index contributed by atoms with van der Waals surface area (Å²) in [5, 5.41) is 4.11. The Kier molecular flexibility index (Phi) is 3.99. The van der Waals surface area contributed by atoms with Gasteiger partial charge < -0.3 is 5.32 Å². The molecule has 0 amide bonds. The highest BCUT2D eigenvalue weighted by Crippen LogP contribution is 2.24. The van der Waals surface area contributed by atoms with E-state index in [1.54, 1.807) is 0 Å². The molecule has 20 heavy (non-hydrogen) atoms. The van der Waals surface area contributed by atoms with Crippen LogP contribution in [0, 0.1) is 0 Å². The molecule has 0 bridgehead atoms. The van der Waals surface area contributed by atoms with Crippen molar-refractivity contribution in [1.29, 1.82) is 0 Å². The fourth-order valence-electron chi connectivity index (χ4n) is 2.64. The Labute approximate surface area is 124 Å². The van der Waals surface area contributed by atoms with Crippen LogP contribution in [-0.4, -0.2) is 16.5 Å². The number of hydrogen-bond donors (Lipinski definition) is 1. The van der Waals surface area contributed by atoms with E-state index in [1.165, 1.54) is 11.3 Å². The number of aryl methyl sites for hydroxylation is 1. The van der Waals surface area contributed by atoms with Crippen LogP contribution in [0.5, 0.6) is 0 Å². The molecule has 2 heterocycles. The Hall–Kier alpha value is -1.45. The minimum absolute atomic E-state index is 0.721. The van der Waals surface area contributed by atoms with Crippen LogP contribution >= 0.6 is 11.6 Å². The fourth-order valence-corrected chi connectivity index (χ4v) is 2.83. The van der Waals surface area contributed by atoms with Crippen molar-refractivity contribution < 1.29 is 0 Å². The third-order valence-corrected chi connectivity index (χ3v) is 3.83. The molecule has 4 heteroatoms. The van der Waals surface area contributed by atoms with Gasteiger partial charge in [-0.3, -0.25) is 0 Å². The van der Waals surface area contributed by atoms with Gasteiger partial charge in [0.25, 0.3) is 0 Å². The van der Waals surface area contributed by atoms with Crippen LogP contribution in [-0.2, 0) is 19.4 Å². The summed E-state index contributed by atoms with van der Waals surface area (Å²) in [7, 11) is 0. The van der Waals surface area contributed by atoms with Gasteiger partial charge in [0, 0.05) is 22.8 Å². The van der Waals surface area contributed by atoms with Crippen LogP contribution in [0.4, 0.5) is 0 Å². The van der Waals surface area contributed by atoms with Gasteiger partial charge in [-0.1, -0.05) is 37.1 Å². The normalized spacial score (nSPS) is 14.1. The van der Waals surface area contributed by atoms with Gasteiger partial charge in [0.2, 0.25) is 0 Å². The summed E-state index contributed by atoms with van der Waals surface area (Å²) in [6.07, 6.45) is 3.14. The van der Waals surface area contributed by atoms with E-state index >= 15 is 0 Å². The Bertz CT molecular complexity index is 625. The molecule has 0 saturated carbocycles. The summed E-state index contributed by atoms with van der Waals surface area (Å²) < 4.78 is 0. The van der Waals surface area contributed by atoms with Crippen LogP contribution in [0.2, 0.25) is 5.02 Å². The molecule has 0 atom stereocenters. The van der Waals surface area contributed by atoms with Gasteiger partial charge in [0.1, 0.15) is 0 Å². The van der Waals surface area contributed by atoms with Crippen molar-refractivity contribution in [2.24, 2.45) is 0 Å². The summed E-state index contributed by atoms with van der Waals surface area (Å²) in [6, 6.07) is 7.76. The molecule has 0 unspecified atom stereocenters. The van der Waals surface area contributed by atoms with E-state index in [9.17, 15) is 0 Å². The van der Waals surface area contributed by atoms with Crippen LogP contribution in [0.25, 0.3) is 11.4 Å². The fraction of sp³-hybridized carbons (Fsp3) is 0.375. The zero-order valence-electron chi connectivity index (χ0n) is 11.6. The van der Waals surface area contributed by atoms with Crippen LogP contribution in [0.1, 0.15) is 30.3 Å². The van der Waals surface area contributed by atoms with Crippen molar-refractivity contribution in [2.45, 2.75) is 32.7 Å². The maximum atomic E-state index is 6.07. The predicted molar refractivity (Wildman–Crippen MR) is 81.9 cm³/mol. The van der Waals surface area contributed by atoms with Crippen LogP contribution in [0.15, 0.2) is 24.3 Å². The van der Waals surface area contributed by atoms with E-state index in [-0.39, 0.29) is 0 Å². The van der Waals surface area contributed by atoms with Gasteiger partial charge in [-0.15, -0.1) is 0 Å². The van der Waals surface area contributed by atoms with Gasteiger partial charge in [0.05, 0.1) is 5.69 Å². The first-order chi connectivity index (χ1) is 9.78. The highest BCUT2D eigenvalue weighted by molar-refractivity contribution is 6.30. The van der Waals surface area contributed by atoms with E-state index < -0.39 is 0 Å². The minimum atomic E-state index is 0.721. The van der Waals surface area contributed by atoms with Crippen molar-refractivity contribution in [3.05, 3.63) is 46.2 Å². The second-order valence-electron chi connectivity index (χ2n) is 5.11. The second-order valence-corrected chi connectivity index (χ2v) is 5.54. The van der Waals surface area contributed by atoms with Crippen LogP contribution in [0.3, 0.4) is 0 Å². The van der Waals surface area contributed by atoms with Gasteiger partial charge >= 0.3 is 0 Å².